The van der Waals surface area contributed by atoms with E-state index in [9.17, 15) is 4.79 Å². The number of hydrogen-bond acceptors (Lipinski definition) is 4. The molecule has 5 heteroatoms. The van der Waals surface area contributed by atoms with Gasteiger partial charge in [-0.2, -0.15) is 0 Å². The molecule has 2 fully saturated rings. The van der Waals surface area contributed by atoms with Gasteiger partial charge in [-0.15, -0.1) is 0 Å². The van der Waals surface area contributed by atoms with Crippen LogP contribution in [0, 0.1) is 5.92 Å². The quantitative estimate of drug-likeness (QED) is 0.894. The van der Waals surface area contributed by atoms with Gasteiger partial charge in [-0.3, -0.25) is 4.79 Å². The average Bonchev–Trinajstić information content (AvgIpc) is 3.05. The Bertz CT molecular complexity index is 481. The maximum Gasteiger partial charge on any atom is 0.273 e. The third-order valence-electron chi connectivity index (χ3n) is 4.29. The molecule has 0 unspecified atom stereocenters. The van der Waals surface area contributed by atoms with Gasteiger partial charge in [0.1, 0.15) is 5.76 Å². The summed E-state index contributed by atoms with van der Waals surface area (Å²) in [5.41, 5.74) is 0.424. The maximum atomic E-state index is 12.2. The van der Waals surface area contributed by atoms with Gasteiger partial charge in [0.25, 0.3) is 5.91 Å². The van der Waals surface area contributed by atoms with Crippen molar-refractivity contribution in [2.45, 2.75) is 45.1 Å². The predicted molar refractivity (Wildman–Crippen MR) is 75.6 cm³/mol. The molecule has 1 aromatic heterocycles. The van der Waals surface area contributed by atoms with Crippen LogP contribution in [0.2, 0.25) is 0 Å². The van der Waals surface area contributed by atoms with Crippen LogP contribution in [0.15, 0.2) is 10.6 Å². The van der Waals surface area contributed by atoms with Crippen LogP contribution in [0.25, 0.3) is 0 Å². The summed E-state index contributed by atoms with van der Waals surface area (Å²) >= 11 is 0. The molecule has 1 N–H and O–H groups in total. The molecule has 1 aliphatic carbocycles. The van der Waals surface area contributed by atoms with Gasteiger partial charge >= 0.3 is 0 Å². The standard InChI is InChI=1S/C15H23N3O2/c1-3-6-18-8-10(2)13(9-18)16-15(19)12-7-14(20-17-12)11-4-5-11/h7,10-11,13H,3-6,8-9H2,1-2H3,(H,16,19)/t10-,13+/m0/s1. The van der Waals surface area contributed by atoms with Gasteiger partial charge in [0.15, 0.2) is 5.69 Å². The molecule has 0 spiro atoms. The van der Waals surface area contributed by atoms with Crippen molar-refractivity contribution in [3.05, 3.63) is 17.5 Å². The summed E-state index contributed by atoms with van der Waals surface area (Å²) < 4.78 is 5.24. The highest BCUT2D eigenvalue weighted by atomic mass is 16.5. The lowest BCUT2D eigenvalue weighted by Crippen LogP contribution is -2.40. The maximum absolute atomic E-state index is 12.2. The lowest BCUT2D eigenvalue weighted by Gasteiger charge is -2.16. The van der Waals surface area contributed by atoms with E-state index in [2.05, 4.69) is 29.2 Å². The molecule has 1 aromatic rings. The van der Waals surface area contributed by atoms with Crippen LogP contribution < -0.4 is 5.32 Å². The number of rotatable bonds is 5. The van der Waals surface area contributed by atoms with Crippen LogP contribution in [-0.2, 0) is 0 Å². The minimum atomic E-state index is -0.101. The molecule has 0 radical (unpaired) electrons. The third kappa shape index (κ3) is 2.87. The molecule has 3 rings (SSSR count). The zero-order valence-electron chi connectivity index (χ0n) is 12.3. The number of nitrogens with one attached hydrogen (secondary N) is 1. The number of likely N-dealkylation sites (tertiary alicyclic amines) is 1. The Morgan fingerprint density at radius 3 is 3.00 bits per heavy atom. The number of nitrogens with zero attached hydrogens (tertiary/aromatic N) is 2. The Morgan fingerprint density at radius 1 is 1.50 bits per heavy atom. The van der Waals surface area contributed by atoms with Crippen molar-refractivity contribution in [2.24, 2.45) is 5.92 Å². The predicted octanol–water partition coefficient (Wildman–Crippen LogP) is 2.01. The zero-order chi connectivity index (χ0) is 14.1. The van der Waals surface area contributed by atoms with Gasteiger partial charge in [-0.05, 0) is 31.7 Å². The number of carbonyl (C=O) groups excluding carboxylic acids is 1. The average molecular weight is 277 g/mol. The fraction of sp³-hybridized carbons (Fsp3) is 0.733. The highest BCUT2D eigenvalue weighted by Crippen LogP contribution is 2.40. The van der Waals surface area contributed by atoms with Crippen molar-refractivity contribution in [1.29, 1.82) is 0 Å². The minimum absolute atomic E-state index is 0.101. The Labute approximate surface area is 119 Å². The molecule has 5 nitrogen and oxygen atoms in total. The van der Waals surface area contributed by atoms with Gasteiger partial charge in [0.05, 0.1) is 0 Å². The van der Waals surface area contributed by atoms with Gasteiger partial charge in [-0.1, -0.05) is 19.0 Å². The minimum Gasteiger partial charge on any atom is -0.360 e. The van der Waals surface area contributed by atoms with Crippen molar-refractivity contribution >= 4 is 5.91 Å². The highest BCUT2D eigenvalue weighted by Gasteiger charge is 2.32. The molecular formula is C15H23N3O2. The summed E-state index contributed by atoms with van der Waals surface area (Å²) in [5, 5.41) is 7.00. The molecule has 1 saturated heterocycles. The fourth-order valence-corrected chi connectivity index (χ4v) is 2.95. The first kappa shape index (κ1) is 13.6. The molecule has 20 heavy (non-hydrogen) atoms. The second-order valence-electron chi connectivity index (χ2n) is 6.21. The summed E-state index contributed by atoms with van der Waals surface area (Å²) in [6.07, 6.45) is 3.46. The molecule has 1 aliphatic heterocycles. The van der Waals surface area contributed by atoms with Crippen molar-refractivity contribution in [3.63, 3.8) is 0 Å². The van der Waals surface area contributed by atoms with E-state index in [0.29, 0.717) is 17.5 Å². The van der Waals surface area contributed by atoms with Crippen LogP contribution in [0.5, 0.6) is 0 Å². The molecule has 2 aliphatic rings. The summed E-state index contributed by atoms with van der Waals surface area (Å²) in [7, 11) is 0. The van der Waals surface area contributed by atoms with E-state index >= 15 is 0 Å². The number of aromatic nitrogens is 1. The normalized spacial score (nSPS) is 26.9. The largest absolute Gasteiger partial charge is 0.360 e. The van der Waals surface area contributed by atoms with E-state index in [0.717, 1.165) is 44.7 Å². The lowest BCUT2D eigenvalue weighted by atomic mass is 10.1. The highest BCUT2D eigenvalue weighted by molar-refractivity contribution is 5.92. The summed E-state index contributed by atoms with van der Waals surface area (Å²) in [6, 6.07) is 2.02. The van der Waals surface area contributed by atoms with Crippen LogP contribution >= 0.6 is 0 Å². The van der Waals surface area contributed by atoms with E-state index in [-0.39, 0.29) is 11.9 Å². The van der Waals surface area contributed by atoms with Crippen molar-refractivity contribution in [2.75, 3.05) is 19.6 Å². The van der Waals surface area contributed by atoms with E-state index in [4.69, 9.17) is 4.52 Å². The van der Waals surface area contributed by atoms with E-state index < -0.39 is 0 Å². The number of amides is 1. The van der Waals surface area contributed by atoms with Crippen molar-refractivity contribution in [1.82, 2.24) is 15.4 Å². The van der Waals surface area contributed by atoms with Gasteiger partial charge < -0.3 is 14.7 Å². The molecule has 110 valence electrons. The monoisotopic (exact) mass is 277 g/mol. The van der Waals surface area contributed by atoms with E-state index in [1.165, 1.54) is 0 Å². The first-order chi connectivity index (χ1) is 9.67. The first-order valence-corrected chi connectivity index (χ1v) is 7.67. The number of carbonyl (C=O) groups is 1. The summed E-state index contributed by atoms with van der Waals surface area (Å²) in [5.74, 6) is 1.74. The first-order valence-electron chi connectivity index (χ1n) is 7.67. The Morgan fingerprint density at radius 2 is 2.30 bits per heavy atom. The number of hydrogen-bond donors (Lipinski definition) is 1. The van der Waals surface area contributed by atoms with Crippen LogP contribution in [-0.4, -0.2) is 41.6 Å². The summed E-state index contributed by atoms with van der Waals surface area (Å²) in [6.45, 7) is 7.48. The molecule has 0 bridgehead atoms. The SMILES string of the molecule is CCCN1C[C@H](C)[C@H](NC(=O)c2cc(C3CC3)on2)C1. The smallest absolute Gasteiger partial charge is 0.273 e. The van der Waals surface area contributed by atoms with Gasteiger partial charge in [0.2, 0.25) is 0 Å². The molecule has 1 amide bonds. The molecule has 2 atom stereocenters. The second kappa shape index (κ2) is 5.56. The summed E-state index contributed by atoms with van der Waals surface area (Å²) in [4.78, 5) is 14.6. The fourth-order valence-electron chi connectivity index (χ4n) is 2.95. The molecule has 2 heterocycles. The topological polar surface area (TPSA) is 58.4 Å². The molecule has 1 saturated carbocycles. The van der Waals surface area contributed by atoms with Crippen LogP contribution in [0.3, 0.4) is 0 Å². The van der Waals surface area contributed by atoms with E-state index in [1.54, 1.807) is 6.07 Å². The van der Waals surface area contributed by atoms with Gasteiger partial charge in [0, 0.05) is 31.1 Å². The Balaban J connectivity index is 1.57. The lowest BCUT2D eigenvalue weighted by molar-refractivity contribution is 0.0922. The van der Waals surface area contributed by atoms with E-state index in [1.807, 2.05) is 0 Å². The third-order valence-corrected chi connectivity index (χ3v) is 4.29. The van der Waals surface area contributed by atoms with Crippen molar-refractivity contribution in [3.8, 4) is 0 Å². The van der Waals surface area contributed by atoms with Crippen LogP contribution in [0.4, 0.5) is 0 Å². The molecule has 0 aromatic carbocycles. The van der Waals surface area contributed by atoms with Crippen molar-refractivity contribution < 1.29 is 9.32 Å². The molecular weight excluding hydrogens is 254 g/mol. The van der Waals surface area contributed by atoms with Gasteiger partial charge in [-0.25, -0.2) is 0 Å². The zero-order valence-corrected chi connectivity index (χ0v) is 12.3. The van der Waals surface area contributed by atoms with Crippen LogP contribution in [0.1, 0.15) is 55.3 Å². The second-order valence-corrected chi connectivity index (χ2v) is 6.21. The Hall–Kier alpha value is -1.36. The Kier molecular flexibility index (Phi) is 3.78.